The van der Waals surface area contributed by atoms with Crippen molar-refractivity contribution >= 4 is 21.6 Å². The van der Waals surface area contributed by atoms with Gasteiger partial charge in [-0.2, -0.15) is 9.61 Å². The van der Waals surface area contributed by atoms with E-state index < -0.39 is 0 Å². The molecule has 0 unspecified atom stereocenters. The molecule has 11 heavy (non-hydrogen) atoms. The summed E-state index contributed by atoms with van der Waals surface area (Å²) in [5, 5.41) is 3.78. The highest BCUT2D eigenvalue weighted by atomic mass is 79.9. The average Bonchev–Trinajstić information content (AvgIpc) is 2.35. The van der Waals surface area contributed by atoms with Gasteiger partial charge in [0.05, 0.1) is 17.0 Å². The molecule has 2 aromatic rings. The highest BCUT2D eigenvalue weighted by molar-refractivity contribution is 9.10. The van der Waals surface area contributed by atoms with Crippen LogP contribution >= 0.6 is 15.9 Å². The number of aromatic amines is 1. The van der Waals surface area contributed by atoms with Crippen LogP contribution in [0.15, 0.2) is 21.8 Å². The van der Waals surface area contributed by atoms with Gasteiger partial charge in [-0.25, -0.2) is 9.78 Å². The zero-order chi connectivity index (χ0) is 7.84. The molecular weight excluding hydrogens is 212 g/mol. The van der Waals surface area contributed by atoms with Crippen molar-refractivity contribution in [3.05, 3.63) is 27.5 Å². The lowest BCUT2D eigenvalue weighted by molar-refractivity contribution is 0.840. The second kappa shape index (κ2) is 2.16. The summed E-state index contributed by atoms with van der Waals surface area (Å²) in [5.74, 6) is 0. The Morgan fingerprint density at radius 3 is 3.18 bits per heavy atom. The largest absolute Gasteiger partial charge is 0.349 e. The quantitative estimate of drug-likeness (QED) is 0.681. The molecule has 6 heteroatoms. The molecule has 0 saturated carbocycles. The smallest absolute Gasteiger partial charge is 0.296 e. The summed E-state index contributed by atoms with van der Waals surface area (Å²) < 4.78 is 1.90. The Morgan fingerprint density at radius 2 is 2.45 bits per heavy atom. The van der Waals surface area contributed by atoms with Crippen molar-refractivity contribution in [2.24, 2.45) is 0 Å². The molecule has 0 fully saturated rings. The minimum absolute atomic E-state index is 0.291. The molecule has 56 valence electrons. The van der Waals surface area contributed by atoms with E-state index in [-0.39, 0.29) is 5.69 Å². The van der Waals surface area contributed by atoms with Crippen LogP contribution in [0.5, 0.6) is 0 Å². The molecule has 0 bridgehead atoms. The molecule has 2 heterocycles. The molecular formula is C5H3BrN4O. The first-order valence-corrected chi connectivity index (χ1v) is 3.65. The van der Waals surface area contributed by atoms with Crippen molar-refractivity contribution < 1.29 is 0 Å². The molecule has 0 aromatic carbocycles. The third-order valence-electron chi connectivity index (χ3n) is 1.27. The summed E-state index contributed by atoms with van der Waals surface area (Å²) in [6, 6.07) is 0. The first kappa shape index (κ1) is 6.53. The molecule has 2 aromatic heterocycles. The molecule has 1 N–H and O–H groups in total. The molecule has 0 atom stereocenters. The number of nitrogens with zero attached hydrogens (tertiary/aromatic N) is 3. The molecule has 0 amide bonds. The molecule has 5 nitrogen and oxygen atoms in total. The van der Waals surface area contributed by atoms with Gasteiger partial charge in [-0.15, -0.1) is 0 Å². The maximum atomic E-state index is 11.0. The SMILES string of the molecule is O=c1[nH]cnc2c(Br)cnn12. The van der Waals surface area contributed by atoms with Gasteiger partial charge >= 0.3 is 5.69 Å². The summed E-state index contributed by atoms with van der Waals surface area (Å²) in [6.45, 7) is 0. The van der Waals surface area contributed by atoms with Gasteiger partial charge in [-0.3, -0.25) is 4.98 Å². The summed E-state index contributed by atoms with van der Waals surface area (Å²) in [6.07, 6.45) is 2.86. The molecule has 0 aliphatic heterocycles. The van der Waals surface area contributed by atoms with Gasteiger partial charge < -0.3 is 0 Å². The maximum Gasteiger partial charge on any atom is 0.349 e. The third kappa shape index (κ3) is 0.864. The zero-order valence-electron chi connectivity index (χ0n) is 5.28. The lowest BCUT2D eigenvalue weighted by Crippen LogP contribution is -2.17. The van der Waals surface area contributed by atoms with Gasteiger partial charge in [0.25, 0.3) is 0 Å². The van der Waals surface area contributed by atoms with Gasteiger partial charge in [0.15, 0.2) is 5.65 Å². The minimum atomic E-state index is -0.291. The van der Waals surface area contributed by atoms with E-state index >= 15 is 0 Å². The number of rotatable bonds is 0. The fraction of sp³-hybridized carbons (Fsp3) is 0. The molecule has 0 radical (unpaired) electrons. The standard InChI is InChI=1S/C5H3BrN4O/c6-3-1-9-10-4(3)7-2-8-5(10)11/h1-2H,(H,7,8,11). The predicted octanol–water partition coefficient (Wildman–Crippen LogP) is 0.180. The van der Waals surface area contributed by atoms with Crippen LogP contribution in [0.4, 0.5) is 0 Å². The molecule has 0 aliphatic rings. The number of nitrogens with one attached hydrogen (secondary N) is 1. The average molecular weight is 215 g/mol. The van der Waals surface area contributed by atoms with Crippen LogP contribution in [-0.4, -0.2) is 19.6 Å². The Kier molecular flexibility index (Phi) is 1.28. The van der Waals surface area contributed by atoms with E-state index in [9.17, 15) is 4.79 Å². The first-order valence-electron chi connectivity index (χ1n) is 2.86. The topological polar surface area (TPSA) is 63.0 Å². The maximum absolute atomic E-state index is 11.0. The first-order chi connectivity index (χ1) is 5.29. The monoisotopic (exact) mass is 214 g/mol. The fourth-order valence-corrected chi connectivity index (χ4v) is 1.16. The van der Waals surface area contributed by atoms with Crippen LogP contribution < -0.4 is 5.69 Å². The van der Waals surface area contributed by atoms with Crippen LogP contribution in [-0.2, 0) is 0 Å². The van der Waals surface area contributed by atoms with Crippen LogP contribution in [0, 0.1) is 0 Å². The number of halogens is 1. The van der Waals surface area contributed by atoms with E-state index in [0.29, 0.717) is 10.1 Å². The zero-order valence-corrected chi connectivity index (χ0v) is 6.87. The second-order valence-electron chi connectivity index (χ2n) is 1.94. The van der Waals surface area contributed by atoms with Crippen LogP contribution in [0.2, 0.25) is 0 Å². The second-order valence-corrected chi connectivity index (χ2v) is 2.79. The Bertz CT molecular complexity index is 445. The van der Waals surface area contributed by atoms with Crippen molar-refractivity contribution in [3.63, 3.8) is 0 Å². The number of hydrogen-bond donors (Lipinski definition) is 1. The summed E-state index contributed by atoms with van der Waals surface area (Å²) in [4.78, 5) is 17.3. The normalized spacial score (nSPS) is 10.6. The number of hydrogen-bond acceptors (Lipinski definition) is 3. The van der Waals surface area contributed by atoms with Crippen molar-refractivity contribution in [3.8, 4) is 0 Å². The van der Waals surface area contributed by atoms with Crippen molar-refractivity contribution in [1.82, 2.24) is 19.6 Å². The Hall–Kier alpha value is -1.17. The van der Waals surface area contributed by atoms with E-state index in [1.807, 2.05) is 0 Å². The van der Waals surface area contributed by atoms with Gasteiger partial charge in [0.1, 0.15) is 0 Å². The van der Waals surface area contributed by atoms with E-state index in [1.165, 1.54) is 17.0 Å². The summed E-state index contributed by atoms with van der Waals surface area (Å²) in [5.41, 5.74) is 0.231. The summed E-state index contributed by atoms with van der Waals surface area (Å²) >= 11 is 3.20. The molecule has 2 rings (SSSR count). The number of aromatic nitrogens is 4. The number of H-pyrrole nitrogens is 1. The molecule has 0 spiro atoms. The van der Waals surface area contributed by atoms with Crippen molar-refractivity contribution in [2.75, 3.05) is 0 Å². The van der Waals surface area contributed by atoms with Crippen LogP contribution in [0.1, 0.15) is 0 Å². The van der Waals surface area contributed by atoms with E-state index in [0.717, 1.165) is 0 Å². The minimum Gasteiger partial charge on any atom is -0.296 e. The summed E-state index contributed by atoms with van der Waals surface area (Å²) in [7, 11) is 0. The van der Waals surface area contributed by atoms with Crippen LogP contribution in [0.3, 0.4) is 0 Å². The van der Waals surface area contributed by atoms with E-state index in [1.54, 1.807) is 0 Å². The fourth-order valence-electron chi connectivity index (χ4n) is 0.797. The van der Waals surface area contributed by atoms with Crippen molar-refractivity contribution in [1.29, 1.82) is 0 Å². The number of fused-ring (bicyclic) bond motifs is 1. The van der Waals surface area contributed by atoms with Gasteiger partial charge in [-0.05, 0) is 15.9 Å². The van der Waals surface area contributed by atoms with E-state index in [4.69, 9.17) is 0 Å². The Morgan fingerprint density at radius 1 is 1.64 bits per heavy atom. The lowest BCUT2D eigenvalue weighted by atomic mass is 10.7. The van der Waals surface area contributed by atoms with E-state index in [2.05, 4.69) is 31.0 Å². The lowest BCUT2D eigenvalue weighted by Gasteiger charge is -1.87. The third-order valence-corrected chi connectivity index (χ3v) is 1.83. The molecule has 0 aliphatic carbocycles. The highest BCUT2D eigenvalue weighted by Gasteiger charge is 2.02. The van der Waals surface area contributed by atoms with Crippen molar-refractivity contribution in [2.45, 2.75) is 0 Å². The Labute approximate surface area is 69.2 Å². The van der Waals surface area contributed by atoms with Crippen LogP contribution in [0.25, 0.3) is 5.65 Å². The highest BCUT2D eigenvalue weighted by Crippen LogP contribution is 2.11. The Balaban J connectivity index is 3.06. The van der Waals surface area contributed by atoms with Gasteiger partial charge in [-0.1, -0.05) is 0 Å². The predicted molar refractivity (Wildman–Crippen MR) is 41.3 cm³/mol. The van der Waals surface area contributed by atoms with Gasteiger partial charge in [0.2, 0.25) is 0 Å². The molecule has 0 saturated heterocycles. The van der Waals surface area contributed by atoms with Gasteiger partial charge in [0, 0.05) is 0 Å².